The molecule has 7 nitrogen and oxygen atoms in total. The highest BCUT2D eigenvalue weighted by molar-refractivity contribution is 5.76. The van der Waals surface area contributed by atoms with Crippen molar-refractivity contribution < 1.29 is 9.53 Å². The summed E-state index contributed by atoms with van der Waals surface area (Å²) in [4.78, 5) is 26.2. The smallest absolute Gasteiger partial charge is 0.231 e. The summed E-state index contributed by atoms with van der Waals surface area (Å²) in [5.74, 6) is 2.72. The summed E-state index contributed by atoms with van der Waals surface area (Å²) in [5.41, 5.74) is 13.4. The number of amides is 1. The van der Waals surface area contributed by atoms with Crippen molar-refractivity contribution in [1.29, 1.82) is 0 Å². The maximum absolute atomic E-state index is 11.5. The Morgan fingerprint density at radius 1 is 1.00 bits per heavy atom. The zero-order valence-electron chi connectivity index (χ0n) is 24.4. The average Bonchev–Trinajstić information content (AvgIpc) is 2.92. The molecule has 2 N–H and O–H groups in total. The summed E-state index contributed by atoms with van der Waals surface area (Å²) in [5, 5.41) is 0. The SMILES string of the molecule is CCc1cccc(CC)c1-c1nc(C)c(COc2cc(C(C)C)ccc2C)c(N2CCN(CC(N)=O)CC2)n1. The van der Waals surface area contributed by atoms with Crippen LogP contribution < -0.4 is 15.4 Å². The topological polar surface area (TPSA) is 84.6 Å². The van der Waals surface area contributed by atoms with E-state index in [-0.39, 0.29) is 12.5 Å². The number of anilines is 1. The molecule has 0 bridgehead atoms. The van der Waals surface area contributed by atoms with Gasteiger partial charge in [-0.2, -0.15) is 0 Å². The first-order valence-corrected chi connectivity index (χ1v) is 14.2. The van der Waals surface area contributed by atoms with E-state index in [1.807, 2.05) is 0 Å². The Bertz CT molecular complexity index is 1290. The molecule has 0 spiro atoms. The molecule has 1 saturated heterocycles. The van der Waals surface area contributed by atoms with E-state index in [1.165, 1.54) is 16.7 Å². The lowest BCUT2D eigenvalue weighted by molar-refractivity contribution is -0.119. The van der Waals surface area contributed by atoms with Gasteiger partial charge in [-0.05, 0) is 60.9 Å². The number of benzene rings is 2. The maximum Gasteiger partial charge on any atom is 0.231 e. The molecule has 208 valence electrons. The van der Waals surface area contributed by atoms with Crippen LogP contribution in [-0.2, 0) is 24.2 Å². The number of nitrogens with two attached hydrogens (primary N) is 1. The molecule has 1 amide bonds. The van der Waals surface area contributed by atoms with Crippen molar-refractivity contribution in [2.75, 3.05) is 37.6 Å². The summed E-state index contributed by atoms with van der Waals surface area (Å²) in [6, 6.07) is 12.9. The van der Waals surface area contributed by atoms with Crippen LogP contribution >= 0.6 is 0 Å². The van der Waals surface area contributed by atoms with Crippen LogP contribution in [0.1, 0.15) is 67.1 Å². The second kappa shape index (κ2) is 12.6. The van der Waals surface area contributed by atoms with Crippen molar-refractivity contribution in [2.45, 2.75) is 66.9 Å². The molecule has 0 radical (unpaired) electrons. The average molecular weight is 530 g/mol. The molecule has 1 fully saturated rings. The fraction of sp³-hybridized carbons (Fsp3) is 0.469. The van der Waals surface area contributed by atoms with Gasteiger partial charge in [0.05, 0.1) is 17.8 Å². The minimum absolute atomic E-state index is 0.285. The molecule has 1 aromatic heterocycles. The van der Waals surface area contributed by atoms with Crippen LogP contribution in [-0.4, -0.2) is 53.5 Å². The zero-order chi connectivity index (χ0) is 28.1. The fourth-order valence-electron chi connectivity index (χ4n) is 5.27. The number of carbonyl (C=O) groups excluding carboxylic acids is 1. The highest BCUT2D eigenvalue weighted by atomic mass is 16.5. The number of aromatic nitrogens is 2. The fourth-order valence-corrected chi connectivity index (χ4v) is 5.27. The van der Waals surface area contributed by atoms with Gasteiger partial charge in [0.15, 0.2) is 5.82 Å². The van der Waals surface area contributed by atoms with Gasteiger partial charge >= 0.3 is 0 Å². The van der Waals surface area contributed by atoms with Crippen molar-refractivity contribution in [2.24, 2.45) is 5.73 Å². The monoisotopic (exact) mass is 529 g/mol. The van der Waals surface area contributed by atoms with Crippen molar-refractivity contribution in [3.8, 4) is 17.1 Å². The molecule has 0 aliphatic carbocycles. The molecule has 0 saturated carbocycles. The Labute approximate surface area is 233 Å². The van der Waals surface area contributed by atoms with Crippen molar-refractivity contribution in [1.82, 2.24) is 14.9 Å². The Kier molecular flexibility index (Phi) is 9.23. The Hall–Kier alpha value is -3.45. The normalized spacial score (nSPS) is 14.2. The molecule has 7 heteroatoms. The summed E-state index contributed by atoms with van der Waals surface area (Å²) in [6.45, 7) is 16.6. The van der Waals surface area contributed by atoms with Crippen LogP contribution in [0.4, 0.5) is 5.82 Å². The van der Waals surface area contributed by atoms with E-state index in [4.69, 9.17) is 20.4 Å². The van der Waals surface area contributed by atoms with E-state index in [1.54, 1.807) is 0 Å². The number of rotatable bonds is 10. The van der Waals surface area contributed by atoms with E-state index < -0.39 is 0 Å². The van der Waals surface area contributed by atoms with Gasteiger partial charge in [0.1, 0.15) is 18.2 Å². The number of hydrogen-bond acceptors (Lipinski definition) is 6. The Morgan fingerprint density at radius 3 is 2.26 bits per heavy atom. The zero-order valence-corrected chi connectivity index (χ0v) is 24.4. The highest BCUT2D eigenvalue weighted by Crippen LogP contribution is 2.32. The molecular formula is C32H43N5O2. The van der Waals surface area contributed by atoms with E-state index in [2.05, 4.69) is 87.7 Å². The van der Waals surface area contributed by atoms with Gasteiger partial charge < -0.3 is 15.4 Å². The minimum atomic E-state index is -0.292. The number of primary amides is 1. The lowest BCUT2D eigenvalue weighted by atomic mass is 9.96. The van der Waals surface area contributed by atoms with Gasteiger partial charge in [0.25, 0.3) is 0 Å². The standard InChI is InChI=1S/C32H43N5O2/c1-7-24-10-9-11-25(8-2)30(24)31-34-23(6)27(20-39-28-18-26(21(3)4)13-12-22(28)5)32(35-31)37-16-14-36(15-17-37)19-29(33)38/h9-13,18,21H,7-8,14-17,19-20H2,1-6H3,(H2,33,38). The van der Waals surface area contributed by atoms with Crippen molar-refractivity contribution in [3.63, 3.8) is 0 Å². The van der Waals surface area contributed by atoms with Gasteiger partial charge in [0.2, 0.25) is 5.91 Å². The number of carbonyl (C=O) groups is 1. The number of piperazine rings is 1. The molecule has 2 heterocycles. The Balaban J connectivity index is 1.74. The quantitative estimate of drug-likeness (QED) is 0.389. The molecule has 0 unspecified atom stereocenters. The van der Waals surface area contributed by atoms with Gasteiger partial charge in [-0.25, -0.2) is 9.97 Å². The number of aryl methyl sites for hydroxylation is 4. The maximum atomic E-state index is 11.5. The van der Waals surface area contributed by atoms with Gasteiger partial charge in [0, 0.05) is 31.7 Å². The van der Waals surface area contributed by atoms with Crippen LogP contribution in [0, 0.1) is 13.8 Å². The molecule has 3 aromatic rings. The number of nitrogens with zero attached hydrogens (tertiary/aromatic N) is 4. The predicted molar refractivity (Wildman–Crippen MR) is 158 cm³/mol. The second-order valence-electron chi connectivity index (χ2n) is 10.8. The van der Waals surface area contributed by atoms with Crippen molar-refractivity contribution >= 4 is 11.7 Å². The molecule has 0 atom stereocenters. The summed E-state index contributed by atoms with van der Waals surface area (Å²) in [7, 11) is 0. The van der Waals surface area contributed by atoms with Gasteiger partial charge in [-0.1, -0.05) is 58.0 Å². The number of hydrogen-bond donors (Lipinski definition) is 1. The summed E-state index contributed by atoms with van der Waals surface area (Å²) >= 11 is 0. The van der Waals surface area contributed by atoms with Crippen LogP contribution in [0.15, 0.2) is 36.4 Å². The second-order valence-corrected chi connectivity index (χ2v) is 10.8. The largest absolute Gasteiger partial charge is 0.488 e. The molecule has 2 aromatic carbocycles. The lowest BCUT2D eigenvalue weighted by Crippen LogP contribution is -2.49. The van der Waals surface area contributed by atoms with Crippen LogP contribution in [0.5, 0.6) is 5.75 Å². The molecule has 1 aliphatic rings. The lowest BCUT2D eigenvalue weighted by Gasteiger charge is -2.36. The predicted octanol–water partition coefficient (Wildman–Crippen LogP) is 5.19. The van der Waals surface area contributed by atoms with Crippen LogP contribution in [0.25, 0.3) is 11.4 Å². The van der Waals surface area contributed by atoms with E-state index in [0.29, 0.717) is 12.5 Å². The number of ether oxygens (including phenoxy) is 1. The minimum Gasteiger partial charge on any atom is -0.488 e. The molecule has 4 rings (SSSR count). The third-order valence-electron chi connectivity index (χ3n) is 7.72. The molecule has 39 heavy (non-hydrogen) atoms. The summed E-state index contributed by atoms with van der Waals surface area (Å²) < 4.78 is 6.46. The van der Waals surface area contributed by atoms with Crippen LogP contribution in [0.3, 0.4) is 0 Å². The third-order valence-corrected chi connectivity index (χ3v) is 7.72. The van der Waals surface area contributed by atoms with E-state index >= 15 is 0 Å². The van der Waals surface area contributed by atoms with Crippen LogP contribution in [0.2, 0.25) is 0 Å². The van der Waals surface area contributed by atoms with E-state index in [9.17, 15) is 4.79 Å². The first kappa shape index (κ1) is 28.6. The highest BCUT2D eigenvalue weighted by Gasteiger charge is 2.25. The first-order valence-electron chi connectivity index (χ1n) is 14.2. The van der Waals surface area contributed by atoms with Gasteiger partial charge in [-0.3, -0.25) is 9.69 Å². The van der Waals surface area contributed by atoms with Gasteiger partial charge in [-0.15, -0.1) is 0 Å². The van der Waals surface area contributed by atoms with E-state index in [0.717, 1.165) is 78.8 Å². The first-order chi connectivity index (χ1) is 18.7. The Morgan fingerprint density at radius 2 is 1.67 bits per heavy atom. The molecular weight excluding hydrogens is 486 g/mol. The van der Waals surface area contributed by atoms with Crippen molar-refractivity contribution in [3.05, 3.63) is 69.9 Å². The molecule has 1 aliphatic heterocycles. The third kappa shape index (κ3) is 6.59. The summed E-state index contributed by atoms with van der Waals surface area (Å²) in [6.07, 6.45) is 1.84.